The quantitative estimate of drug-likeness (QED) is 0.637. The van der Waals surface area contributed by atoms with Gasteiger partial charge in [0.25, 0.3) is 5.91 Å². The lowest BCUT2D eigenvalue weighted by atomic mass is 10.0. The highest BCUT2D eigenvalue weighted by atomic mass is 16.5. The van der Waals surface area contributed by atoms with Gasteiger partial charge in [-0.3, -0.25) is 9.78 Å². The van der Waals surface area contributed by atoms with Crippen LogP contribution in [-0.4, -0.2) is 54.7 Å². The number of benzene rings is 1. The predicted octanol–water partition coefficient (Wildman–Crippen LogP) is 2.88. The van der Waals surface area contributed by atoms with Gasteiger partial charge >= 0.3 is 0 Å². The fraction of sp³-hybridized carbons (Fsp3) is 0.292. The summed E-state index contributed by atoms with van der Waals surface area (Å²) in [7, 11) is 3.30. The molecule has 32 heavy (non-hydrogen) atoms. The van der Waals surface area contributed by atoms with E-state index in [9.17, 15) is 4.79 Å². The summed E-state index contributed by atoms with van der Waals surface area (Å²) in [5, 5.41) is 0. The van der Waals surface area contributed by atoms with Gasteiger partial charge in [0.15, 0.2) is 0 Å². The molecule has 3 heterocycles. The molecule has 1 amide bonds. The maximum absolute atomic E-state index is 12.8. The van der Waals surface area contributed by atoms with Gasteiger partial charge in [0, 0.05) is 30.9 Å². The van der Waals surface area contributed by atoms with E-state index in [2.05, 4.69) is 9.97 Å². The van der Waals surface area contributed by atoms with Crippen LogP contribution in [0.3, 0.4) is 0 Å². The summed E-state index contributed by atoms with van der Waals surface area (Å²) in [6.45, 7) is 1.40. The number of nitrogens with zero attached hydrogens (tertiary/aromatic N) is 3. The third-order valence-corrected chi connectivity index (χ3v) is 5.45. The Bertz CT molecular complexity index is 1070. The van der Waals surface area contributed by atoms with E-state index < -0.39 is 0 Å². The maximum atomic E-state index is 12.8. The standard InChI is InChI=1S/C24H26N4O4/c1-30-19-5-7-21(31-2)18(12-19)11-16-3-6-20(26-13-16)22-15-28(9-10-32-22)24(29)17-4-8-23(25)27-14-17/h3-8,12-14,22H,9-11,15H2,1-2H3,(H2,25,27). The zero-order chi connectivity index (χ0) is 22.5. The number of nitrogens with two attached hydrogens (primary N) is 1. The van der Waals surface area contributed by atoms with Crippen LogP contribution in [0, 0.1) is 0 Å². The van der Waals surface area contributed by atoms with Crippen molar-refractivity contribution in [3.8, 4) is 11.5 Å². The van der Waals surface area contributed by atoms with Crippen LogP contribution in [0.25, 0.3) is 0 Å². The highest BCUT2D eigenvalue weighted by Crippen LogP contribution is 2.27. The molecule has 8 heteroatoms. The lowest BCUT2D eigenvalue weighted by Gasteiger charge is -2.32. The summed E-state index contributed by atoms with van der Waals surface area (Å²) in [6, 6.07) is 13.0. The lowest BCUT2D eigenvalue weighted by Crippen LogP contribution is -2.42. The highest BCUT2D eigenvalue weighted by Gasteiger charge is 2.27. The molecule has 166 valence electrons. The number of carbonyl (C=O) groups is 1. The zero-order valence-electron chi connectivity index (χ0n) is 18.2. The number of nitrogen functional groups attached to an aromatic ring is 1. The van der Waals surface area contributed by atoms with Gasteiger partial charge in [-0.2, -0.15) is 0 Å². The van der Waals surface area contributed by atoms with Crippen LogP contribution in [0.4, 0.5) is 5.82 Å². The second-order valence-electron chi connectivity index (χ2n) is 7.53. The van der Waals surface area contributed by atoms with Crippen molar-refractivity contribution in [2.24, 2.45) is 0 Å². The first-order valence-corrected chi connectivity index (χ1v) is 10.4. The first-order chi connectivity index (χ1) is 15.6. The molecule has 0 aliphatic carbocycles. The second-order valence-corrected chi connectivity index (χ2v) is 7.53. The van der Waals surface area contributed by atoms with Gasteiger partial charge in [0.2, 0.25) is 0 Å². The number of rotatable bonds is 6. The average molecular weight is 434 g/mol. The number of ether oxygens (including phenoxy) is 3. The summed E-state index contributed by atoms with van der Waals surface area (Å²) in [4.78, 5) is 23.2. The molecule has 1 unspecified atom stereocenters. The molecule has 8 nitrogen and oxygen atoms in total. The summed E-state index contributed by atoms with van der Waals surface area (Å²) in [5.74, 6) is 1.88. The third-order valence-electron chi connectivity index (χ3n) is 5.45. The van der Waals surface area contributed by atoms with Crippen LogP contribution in [0.2, 0.25) is 0 Å². The Morgan fingerprint density at radius 2 is 2.00 bits per heavy atom. The van der Waals surface area contributed by atoms with Gasteiger partial charge in [0.05, 0.1) is 38.6 Å². The predicted molar refractivity (Wildman–Crippen MR) is 120 cm³/mol. The number of morpholine rings is 1. The monoisotopic (exact) mass is 434 g/mol. The Balaban J connectivity index is 1.45. The minimum absolute atomic E-state index is 0.0902. The van der Waals surface area contributed by atoms with E-state index in [1.807, 2.05) is 36.5 Å². The van der Waals surface area contributed by atoms with Crippen molar-refractivity contribution in [2.75, 3.05) is 39.6 Å². The molecule has 1 saturated heterocycles. The van der Waals surface area contributed by atoms with Crippen LogP contribution >= 0.6 is 0 Å². The fourth-order valence-corrected chi connectivity index (χ4v) is 3.70. The molecule has 0 saturated carbocycles. The molecule has 1 aromatic carbocycles. The first kappa shape index (κ1) is 21.6. The number of aromatic nitrogens is 2. The van der Waals surface area contributed by atoms with Crippen LogP contribution in [-0.2, 0) is 11.2 Å². The van der Waals surface area contributed by atoms with Gasteiger partial charge in [-0.25, -0.2) is 4.98 Å². The molecular formula is C24H26N4O4. The number of amides is 1. The van der Waals surface area contributed by atoms with Gasteiger partial charge in [0.1, 0.15) is 23.4 Å². The van der Waals surface area contributed by atoms with Crippen molar-refractivity contribution >= 4 is 11.7 Å². The van der Waals surface area contributed by atoms with Crippen molar-refractivity contribution in [1.29, 1.82) is 0 Å². The van der Waals surface area contributed by atoms with E-state index >= 15 is 0 Å². The third kappa shape index (κ3) is 4.81. The number of hydrogen-bond donors (Lipinski definition) is 1. The van der Waals surface area contributed by atoms with E-state index in [4.69, 9.17) is 19.9 Å². The van der Waals surface area contributed by atoms with E-state index in [1.165, 1.54) is 6.20 Å². The molecule has 1 aliphatic rings. The molecule has 2 N–H and O–H groups in total. The Labute approximate surface area is 187 Å². The van der Waals surface area contributed by atoms with Gasteiger partial charge in [-0.1, -0.05) is 6.07 Å². The molecule has 0 radical (unpaired) electrons. The minimum atomic E-state index is -0.283. The topological polar surface area (TPSA) is 99.8 Å². The van der Waals surface area contributed by atoms with Crippen molar-refractivity contribution in [2.45, 2.75) is 12.5 Å². The van der Waals surface area contributed by atoms with Crippen molar-refractivity contribution in [3.63, 3.8) is 0 Å². The zero-order valence-corrected chi connectivity index (χ0v) is 18.2. The largest absolute Gasteiger partial charge is 0.497 e. The molecule has 0 spiro atoms. The Morgan fingerprint density at radius 1 is 1.12 bits per heavy atom. The average Bonchev–Trinajstić information content (AvgIpc) is 2.84. The molecule has 4 rings (SSSR count). The van der Waals surface area contributed by atoms with Crippen LogP contribution in [0.1, 0.15) is 33.3 Å². The maximum Gasteiger partial charge on any atom is 0.255 e. The highest BCUT2D eigenvalue weighted by molar-refractivity contribution is 5.94. The van der Waals surface area contributed by atoms with Crippen molar-refractivity contribution in [3.05, 3.63) is 77.2 Å². The SMILES string of the molecule is COc1ccc(OC)c(Cc2ccc(C3CN(C(=O)c4ccc(N)nc4)CCO3)nc2)c1. The molecular weight excluding hydrogens is 408 g/mol. The van der Waals surface area contributed by atoms with E-state index in [0.29, 0.717) is 37.5 Å². The Morgan fingerprint density at radius 3 is 2.69 bits per heavy atom. The molecule has 3 aromatic rings. The smallest absolute Gasteiger partial charge is 0.255 e. The molecule has 1 fully saturated rings. The number of pyridine rings is 2. The summed E-state index contributed by atoms with van der Waals surface area (Å²) >= 11 is 0. The number of hydrogen-bond acceptors (Lipinski definition) is 7. The molecule has 1 aliphatic heterocycles. The van der Waals surface area contributed by atoms with Gasteiger partial charge < -0.3 is 24.8 Å². The van der Waals surface area contributed by atoms with Crippen LogP contribution in [0.5, 0.6) is 11.5 Å². The first-order valence-electron chi connectivity index (χ1n) is 10.4. The molecule has 1 atom stereocenters. The Kier molecular flexibility index (Phi) is 6.51. The molecule has 0 bridgehead atoms. The minimum Gasteiger partial charge on any atom is -0.497 e. The number of carbonyl (C=O) groups excluding carboxylic acids is 1. The summed E-state index contributed by atoms with van der Waals surface area (Å²) in [5.41, 5.74) is 8.97. The van der Waals surface area contributed by atoms with Crippen molar-refractivity contribution < 1.29 is 19.0 Å². The summed E-state index contributed by atoms with van der Waals surface area (Å²) < 4.78 is 16.7. The van der Waals surface area contributed by atoms with Gasteiger partial charge in [-0.15, -0.1) is 0 Å². The number of anilines is 1. The van der Waals surface area contributed by atoms with E-state index in [-0.39, 0.29) is 12.0 Å². The fourth-order valence-electron chi connectivity index (χ4n) is 3.70. The molecule has 2 aromatic heterocycles. The van der Waals surface area contributed by atoms with Crippen LogP contribution in [0.15, 0.2) is 54.9 Å². The van der Waals surface area contributed by atoms with Crippen LogP contribution < -0.4 is 15.2 Å². The normalized spacial score (nSPS) is 15.9. The second kappa shape index (κ2) is 9.65. The Hall–Kier alpha value is -3.65. The summed E-state index contributed by atoms with van der Waals surface area (Å²) in [6.07, 6.45) is 3.72. The van der Waals surface area contributed by atoms with Crippen molar-refractivity contribution in [1.82, 2.24) is 14.9 Å². The number of methoxy groups -OCH3 is 2. The van der Waals surface area contributed by atoms with E-state index in [1.54, 1.807) is 31.3 Å². The lowest BCUT2D eigenvalue weighted by molar-refractivity contribution is -0.0247. The van der Waals surface area contributed by atoms with E-state index in [0.717, 1.165) is 28.3 Å². The van der Waals surface area contributed by atoms with Gasteiger partial charge in [-0.05, 0) is 42.0 Å².